The van der Waals surface area contributed by atoms with Crippen LogP contribution in [0, 0.1) is 17.3 Å². The largest absolute Gasteiger partial charge is 0.544 e. The van der Waals surface area contributed by atoms with E-state index >= 15 is 0 Å². The number of hydrogen-bond acceptors (Lipinski definition) is 2. The molecule has 0 spiro atoms. The molecule has 3 aliphatic rings. The van der Waals surface area contributed by atoms with E-state index in [0.29, 0.717) is 5.92 Å². The zero-order valence-electron chi connectivity index (χ0n) is 15.6. The zero-order valence-corrected chi connectivity index (χ0v) is 16.6. The maximum Gasteiger partial charge on any atom is 0.242 e. The molecular weight excluding hydrogens is 312 g/mol. The Morgan fingerprint density at radius 2 is 1.92 bits per heavy atom. The minimum absolute atomic E-state index is 0.0719. The predicted molar refractivity (Wildman–Crippen MR) is 101 cm³/mol. The van der Waals surface area contributed by atoms with Crippen LogP contribution in [-0.4, -0.2) is 19.5 Å². The third kappa shape index (κ3) is 2.64. The molecule has 0 aromatic heterocycles. The lowest BCUT2D eigenvalue weighted by Crippen LogP contribution is -2.43. The highest BCUT2D eigenvalue weighted by Gasteiger charge is 2.54. The van der Waals surface area contributed by atoms with Gasteiger partial charge >= 0.3 is 0 Å². The van der Waals surface area contributed by atoms with Crippen molar-refractivity contribution < 1.29 is 9.53 Å². The summed E-state index contributed by atoms with van der Waals surface area (Å²) in [7, 11) is -1.54. The van der Waals surface area contributed by atoms with Crippen molar-refractivity contribution in [3.05, 3.63) is 29.3 Å². The number of aliphatic hydroxyl groups is 1. The third-order valence-corrected chi connectivity index (χ3v) is 7.92. The van der Waals surface area contributed by atoms with Crippen LogP contribution in [0.5, 0.6) is 5.75 Å². The van der Waals surface area contributed by atoms with E-state index in [9.17, 15) is 5.11 Å². The summed E-state index contributed by atoms with van der Waals surface area (Å²) in [6, 6.07) is 6.88. The normalized spacial score (nSPS) is 38.2. The maximum absolute atomic E-state index is 10.5. The SMILES string of the molecule is CC12CCC3c4ccc(O[Si](C)(C)C)cc4CCC3C1CCC2O. The molecule has 3 aliphatic carbocycles. The first-order valence-electron chi connectivity index (χ1n) is 9.78. The molecule has 5 atom stereocenters. The lowest BCUT2D eigenvalue weighted by Gasteiger charge is -2.50. The van der Waals surface area contributed by atoms with E-state index in [0.717, 1.165) is 24.0 Å². The molecular formula is C21H32O2Si. The second-order valence-electron chi connectivity index (χ2n) is 9.63. The van der Waals surface area contributed by atoms with Gasteiger partial charge in [-0.15, -0.1) is 0 Å². The number of rotatable bonds is 2. The summed E-state index contributed by atoms with van der Waals surface area (Å²) in [4.78, 5) is 0. The zero-order chi connectivity index (χ0) is 17.1. The molecule has 2 nitrogen and oxygen atoms in total. The number of fused-ring (bicyclic) bond motifs is 5. The van der Waals surface area contributed by atoms with Gasteiger partial charge in [-0.1, -0.05) is 13.0 Å². The Hall–Kier alpha value is -0.803. The van der Waals surface area contributed by atoms with Gasteiger partial charge in [0.1, 0.15) is 5.75 Å². The van der Waals surface area contributed by atoms with Gasteiger partial charge in [0.2, 0.25) is 8.32 Å². The van der Waals surface area contributed by atoms with Gasteiger partial charge in [-0.05, 0) is 105 Å². The van der Waals surface area contributed by atoms with Gasteiger partial charge in [0.25, 0.3) is 0 Å². The molecule has 1 aromatic carbocycles. The first kappa shape index (κ1) is 16.7. The summed E-state index contributed by atoms with van der Waals surface area (Å²) < 4.78 is 6.21. The summed E-state index contributed by atoms with van der Waals surface area (Å²) in [5.41, 5.74) is 3.28. The van der Waals surface area contributed by atoms with E-state index in [4.69, 9.17) is 4.43 Å². The van der Waals surface area contributed by atoms with Crippen LogP contribution >= 0.6 is 0 Å². The molecule has 4 rings (SSSR count). The summed E-state index contributed by atoms with van der Waals surface area (Å²) in [6.45, 7) is 9.09. The van der Waals surface area contributed by atoms with Crippen molar-refractivity contribution in [2.45, 2.75) is 77.1 Å². The standard InChI is InChI=1S/C21H32O2Si/c1-21-12-11-17-16-8-6-15(23-24(2,3)4)13-14(16)5-7-18(17)19(21)9-10-20(21)22/h6,8,13,17-20,22H,5,7,9-12H2,1-4H3. The molecule has 2 saturated carbocycles. The molecule has 24 heavy (non-hydrogen) atoms. The molecule has 1 N–H and O–H groups in total. The van der Waals surface area contributed by atoms with Gasteiger partial charge in [0.05, 0.1) is 6.10 Å². The Morgan fingerprint density at radius 1 is 1.12 bits per heavy atom. The van der Waals surface area contributed by atoms with Crippen LogP contribution in [0.25, 0.3) is 0 Å². The third-order valence-electron chi connectivity index (χ3n) is 7.07. The van der Waals surface area contributed by atoms with Crippen LogP contribution in [-0.2, 0) is 6.42 Å². The molecule has 132 valence electrons. The lowest BCUT2D eigenvalue weighted by molar-refractivity contribution is -0.0226. The van der Waals surface area contributed by atoms with Gasteiger partial charge in [-0.25, -0.2) is 0 Å². The minimum Gasteiger partial charge on any atom is -0.544 e. The van der Waals surface area contributed by atoms with E-state index in [-0.39, 0.29) is 11.5 Å². The van der Waals surface area contributed by atoms with Crippen molar-refractivity contribution in [1.29, 1.82) is 0 Å². The minimum atomic E-state index is -1.54. The van der Waals surface area contributed by atoms with Crippen molar-refractivity contribution in [2.24, 2.45) is 17.3 Å². The van der Waals surface area contributed by atoms with E-state index < -0.39 is 8.32 Å². The van der Waals surface area contributed by atoms with Gasteiger partial charge in [-0.2, -0.15) is 0 Å². The van der Waals surface area contributed by atoms with E-state index in [2.05, 4.69) is 44.8 Å². The highest BCUT2D eigenvalue weighted by molar-refractivity contribution is 6.70. The molecule has 3 heteroatoms. The van der Waals surface area contributed by atoms with Crippen LogP contribution in [0.15, 0.2) is 18.2 Å². The van der Waals surface area contributed by atoms with Crippen molar-refractivity contribution in [1.82, 2.24) is 0 Å². The van der Waals surface area contributed by atoms with Crippen LogP contribution in [0.2, 0.25) is 19.6 Å². The van der Waals surface area contributed by atoms with Crippen LogP contribution in [0.1, 0.15) is 56.1 Å². The predicted octanol–water partition coefficient (Wildman–Crippen LogP) is 5.12. The molecule has 1 aromatic rings. The fraction of sp³-hybridized carbons (Fsp3) is 0.714. The van der Waals surface area contributed by atoms with E-state index in [1.807, 2.05) is 0 Å². The lowest BCUT2D eigenvalue weighted by atomic mass is 9.55. The summed E-state index contributed by atoms with van der Waals surface area (Å²) in [5, 5.41) is 10.5. The topological polar surface area (TPSA) is 29.5 Å². The Labute approximate surface area is 147 Å². The van der Waals surface area contributed by atoms with Crippen molar-refractivity contribution >= 4 is 8.32 Å². The first-order valence-corrected chi connectivity index (χ1v) is 13.2. The second-order valence-corrected chi connectivity index (χ2v) is 14.1. The van der Waals surface area contributed by atoms with Crippen LogP contribution < -0.4 is 4.43 Å². The van der Waals surface area contributed by atoms with Gasteiger partial charge in [-0.3, -0.25) is 0 Å². The Kier molecular flexibility index (Phi) is 3.89. The average molecular weight is 345 g/mol. The van der Waals surface area contributed by atoms with Crippen molar-refractivity contribution in [3.63, 3.8) is 0 Å². The highest BCUT2D eigenvalue weighted by atomic mass is 28.4. The number of hydrogen-bond donors (Lipinski definition) is 1. The van der Waals surface area contributed by atoms with Gasteiger partial charge in [0, 0.05) is 0 Å². The summed E-state index contributed by atoms with van der Waals surface area (Å²) in [6.07, 6.45) is 7.08. The maximum atomic E-state index is 10.5. The Bertz CT molecular complexity index is 635. The highest BCUT2D eigenvalue weighted by Crippen LogP contribution is 2.60. The molecule has 0 aliphatic heterocycles. The fourth-order valence-electron chi connectivity index (χ4n) is 5.95. The number of aliphatic hydroxyl groups excluding tert-OH is 1. The van der Waals surface area contributed by atoms with Gasteiger partial charge in [0.15, 0.2) is 0 Å². The van der Waals surface area contributed by atoms with Crippen LogP contribution in [0.3, 0.4) is 0 Å². The van der Waals surface area contributed by atoms with Crippen molar-refractivity contribution in [2.75, 3.05) is 0 Å². The molecule has 5 unspecified atom stereocenters. The second kappa shape index (κ2) is 5.60. The number of benzene rings is 1. The molecule has 0 saturated heterocycles. The molecule has 0 heterocycles. The Balaban J connectivity index is 1.61. The van der Waals surface area contributed by atoms with Crippen LogP contribution in [0.4, 0.5) is 0 Å². The monoisotopic (exact) mass is 344 g/mol. The molecule has 2 fully saturated rings. The van der Waals surface area contributed by atoms with Gasteiger partial charge < -0.3 is 9.53 Å². The fourth-order valence-corrected chi connectivity index (χ4v) is 6.78. The quantitative estimate of drug-likeness (QED) is 0.755. The molecule has 0 radical (unpaired) electrons. The van der Waals surface area contributed by atoms with Crippen molar-refractivity contribution in [3.8, 4) is 5.75 Å². The van der Waals surface area contributed by atoms with E-state index in [1.54, 1.807) is 5.56 Å². The summed E-state index contributed by atoms with van der Waals surface area (Å²) in [5.74, 6) is 3.27. The Morgan fingerprint density at radius 3 is 2.67 bits per heavy atom. The molecule has 0 amide bonds. The number of aryl methyl sites for hydroxylation is 1. The first-order chi connectivity index (χ1) is 11.3. The molecule has 0 bridgehead atoms. The van der Waals surface area contributed by atoms with E-state index in [1.165, 1.54) is 37.7 Å². The summed E-state index contributed by atoms with van der Waals surface area (Å²) >= 11 is 0. The smallest absolute Gasteiger partial charge is 0.242 e. The average Bonchev–Trinajstić information content (AvgIpc) is 2.81.